The highest BCUT2D eigenvalue weighted by Crippen LogP contribution is 2.49. The van der Waals surface area contributed by atoms with Gasteiger partial charge in [0.1, 0.15) is 0 Å². The van der Waals surface area contributed by atoms with Crippen molar-refractivity contribution in [2.75, 3.05) is 20.2 Å². The van der Waals surface area contributed by atoms with E-state index in [-0.39, 0.29) is 11.9 Å². The molecule has 3 nitrogen and oxygen atoms in total. The lowest BCUT2D eigenvalue weighted by atomic mass is 9.83. The van der Waals surface area contributed by atoms with Crippen LogP contribution in [0.3, 0.4) is 0 Å². The molecule has 3 heteroatoms. The van der Waals surface area contributed by atoms with Crippen LogP contribution in [0.2, 0.25) is 0 Å². The van der Waals surface area contributed by atoms with Crippen LogP contribution < -0.4 is 0 Å². The zero-order valence-electron chi connectivity index (χ0n) is 12.1. The molecule has 1 atom stereocenters. The minimum absolute atomic E-state index is 0.122. The number of ether oxygens (including phenoxy) is 2. The van der Waals surface area contributed by atoms with E-state index in [1.165, 1.54) is 11.1 Å². The molecule has 1 aromatic rings. The van der Waals surface area contributed by atoms with E-state index in [1.807, 2.05) is 0 Å². The van der Waals surface area contributed by atoms with Crippen molar-refractivity contribution in [1.29, 1.82) is 0 Å². The van der Waals surface area contributed by atoms with E-state index in [2.05, 4.69) is 43.0 Å². The first-order valence-corrected chi connectivity index (χ1v) is 7.20. The normalized spacial score (nSPS) is 26.0. The highest BCUT2D eigenvalue weighted by atomic mass is 16.7. The maximum absolute atomic E-state index is 6.29. The molecule has 1 spiro atoms. The second-order valence-corrected chi connectivity index (χ2v) is 5.90. The van der Waals surface area contributed by atoms with Gasteiger partial charge in [0.25, 0.3) is 0 Å². The number of likely N-dealkylation sites (tertiary alicyclic amines) is 1. The summed E-state index contributed by atoms with van der Waals surface area (Å²) < 4.78 is 11.8. The molecule has 1 aromatic carbocycles. The first-order valence-electron chi connectivity index (χ1n) is 7.20. The van der Waals surface area contributed by atoms with Gasteiger partial charge in [0.15, 0.2) is 6.29 Å². The fourth-order valence-electron chi connectivity index (χ4n) is 3.41. The minimum Gasteiger partial charge on any atom is -0.352 e. The molecule has 19 heavy (non-hydrogen) atoms. The third-order valence-corrected chi connectivity index (χ3v) is 4.59. The average Bonchev–Trinajstić information content (AvgIpc) is 2.74. The van der Waals surface area contributed by atoms with Crippen LogP contribution in [0.4, 0.5) is 0 Å². The highest BCUT2D eigenvalue weighted by molar-refractivity contribution is 5.37. The largest absolute Gasteiger partial charge is 0.352 e. The average molecular weight is 261 g/mol. The van der Waals surface area contributed by atoms with Crippen molar-refractivity contribution >= 4 is 0 Å². The quantitative estimate of drug-likeness (QED) is 0.816. The van der Waals surface area contributed by atoms with Crippen molar-refractivity contribution in [1.82, 2.24) is 4.90 Å². The van der Waals surface area contributed by atoms with E-state index >= 15 is 0 Å². The highest BCUT2D eigenvalue weighted by Gasteiger charge is 2.46. The number of nitrogens with zero attached hydrogens (tertiary/aromatic N) is 1. The molecule has 0 aliphatic carbocycles. The molecular weight excluding hydrogens is 238 g/mol. The zero-order chi connectivity index (χ0) is 13.5. The maximum atomic E-state index is 6.29. The Morgan fingerprint density at radius 3 is 2.58 bits per heavy atom. The summed E-state index contributed by atoms with van der Waals surface area (Å²) in [6.45, 7) is 6.73. The number of piperidine rings is 1. The van der Waals surface area contributed by atoms with Crippen molar-refractivity contribution in [3.63, 3.8) is 0 Å². The predicted molar refractivity (Wildman–Crippen MR) is 74.9 cm³/mol. The fourth-order valence-corrected chi connectivity index (χ4v) is 3.41. The molecule has 0 radical (unpaired) electrons. The number of hydrogen-bond donors (Lipinski definition) is 0. The Morgan fingerprint density at radius 2 is 1.95 bits per heavy atom. The molecular formula is C16H23NO2. The van der Waals surface area contributed by atoms with Crippen molar-refractivity contribution in [2.24, 2.45) is 0 Å². The van der Waals surface area contributed by atoms with Gasteiger partial charge < -0.3 is 14.4 Å². The number of rotatable bonds is 2. The van der Waals surface area contributed by atoms with Gasteiger partial charge in [-0.25, -0.2) is 0 Å². The summed E-state index contributed by atoms with van der Waals surface area (Å²) in [6.07, 6.45) is 1.92. The third-order valence-electron chi connectivity index (χ3n) is 4.59. The first kappa shape index (κ1) is 13.1. The van der Waals surface area contributed by atoms with Crippen LogP contribution in [-0.2, 0) is 15.1 Å². The standard InChI is InChI=1S/C16H23NO2/c1-12(2)17-10-8-16(9-11-17)14-7-5-4-6-13(14)15(18-3)19-16/h4-7,12,15H,8-11H2,1-3H3. The van der Waals surface area contributed by atoms with Crippen molar-refractivity contribution in [2.45, 2.75) is 44.6 Å². The number of methoxy groups -OCH3 is 1. The van der Waals surface area contributed by atoms with E-state index in [0.717, 1.165) is 25.9 Å². The summed E-state index contributed by atoms with van der Waals surface area (Å²) in [5, 5.41) is 0. The molecule has 1 unspecified atom stereocenters. The van der Waals surface area contributed by atoms with Gasteiger partial charge in [0, 0.05) is 31.8 Å². The first-order chi connectivity index (χ1) is 9.16. The van der Waals surface area contributed by atoms with Crippen molar-refractivity contribution in [3.8, 4) is 0 Å². The molecule has 2 heterocycles. The molecule has 1 fully saturated rings. The van der Waals surface area contributed by atoms with E-state index in [0.29, 0.717) is 6.04 Å². The predicted octanol–water partition coefficient (Wildman–Crippen LogP) is 3.06. The van der Waals surface area contributed by atoms with Crippen LogP contribution in [0, 0.1) is 0 Å². The molecule has 2 aliphatic heterocycles. The monoisotopic (exact) mass is 261 g/mol. The number of benzene rings is 1. The summed E-state index contributed by atoms with van der Waals surface area (Å²) in [5.74, 6) is 0. The summed E-state index contributed by atoms with van der Waals surface area (Å²) in [4.78, 5) is 2.53. The van der Waals surface area contributed by atoms with Gasteiger partial charge in [-0.3, -0.25) is 0 Å². The third kappa shape index (κ3) is 2.10. The fraction of sp³-hybridized carbons (Fsp3) is 0.625. The van der Waals surface area contributed by atoms with Gasteiger partial charge in [-0.1, -0.05) is 24.3 Å². The Bertz CT molecular complexity index is 450. The molecule has 0 amide bonds. The van der Waals surface area contributed by atoms with Gasteiger partial charge in [-0.2, -0.15) is 0 Å². The molecule has 2 aliphatic rings. The second-order valence-electron chi connectivity index (χ2n) is 5.90. The maximum Gasteiger partial charge on any atom is 0.184 e. The van der Waals surface area contributed by atoms with Crippen LogP contribution in [0.25, 0.3) is 0 Å². The van der Waals surface area contributed by atoms with Crippen LogP contribution in [0.1, 0.15) is 44.1 Å². The lowest BCUT2D eigenvalue weighted by Gasteiger charge is -2.41. The van der Waals surface area contributed by atoms with Gasteiger partial charge in [-0.15, -0.1) is 0 Å². The smallest absolute Gasteiger partial charge is 0.184 e. The van der Waals surface area contributed by atoms with Crippen LogP contribution in [-0.4, -0.2) is 31.1 Å². The Morgan fingerprint density at radius 1 is 1.26 bits per heavy atom. The van der Waals surface area contributed by atoms with E-state index in [9.17, 15) is 0 Å². The Kier molecular flexibility index (Phi) is 3.37. The number of fused-ring (bicyclic) bond motifs is 2. The summed E-state index contributed by atoms with van der Waals surface area (Å²) in [7, 11) is 1.73. The van der Waals surface area contributed by atoms with Crippen LogP contribution in [0.15, 0.2) is 24.3 Å². The summed E-state index contributed by atoms with van der Waals surface area (Å²) in [6, 6.07) is 9.13. The molecule has 0 saturated carbocycles. The topological polar surface area (TPSA) is 21.7 Å². The second kappa shape index (κ2) is 4.89. The van der Waals surface area contributed by atoms with Gasteiger partial charge in [-0.05, 0) is 32.3 Å². The lowest BCUT2D eigenvalue weighted by Crippen LogP contribution is -2.45. The molecule has 0 N–H and O–H groups in total. The summed E-state index contributed by atoms with van der Waals surface area (Å²) in [5.41, 5.74) is 2.43. The molecule has 1 saturated heterocycles. The van der Waals surface area contributed by atoms with Crippen molar-refractivity contribution in [3.05, 3.63) is 35.4 Å². The van der Waals surface area contributed by atoms with Crippen LogP contribution >= 0.6 is 0 Å². The van der Waals surface area contributed by atoms with E-state index < -0.39 is 0 Å². The molecule has 104 valence electrons. The Labute approximate surface area is 115 Å². The molecule has 0 aromatic heterocycles. The van der Waals surface area contributed by atoms with Crippen molar-refractivity contribution < 1.29 is 9.47 Å². The van der Waals surface area contributed by atoms with Crippen LogP contribution in [0.5, 0.6) is 0 Å². The van der Waals surface area contributed by atoms with Gasteiger partial charge in [0.2, 0.25) is 0 Å². The van der Waals surface area contributed by atoms with Gasteiger partial charge in [0.05, 0.1) is 5.60 Å². The zero-order valence-corrected chi connectivity index (χ0v) is 12.1. The molecule has 3 rings (SSSR count). The number of hydrogen-bond acceptors (Lipinski definition) is 3. The summed E-state index contributed by atoms with van der Waals surface area (Å²) >= 11 is 0. The minimum atomic E-state index is -0.193. The van der Waals surface area contributed by atoms with E-state index in [1.54, 1.807) is 7.11 Å². The Hall–Kier alpha value is -0.900. The van der Waals surface area contributed by atoms with Gasteiger partial charge >= 0.3 is 0 Å². The SMILES string of the molecule is COC1OC2(CCN(C(C)C)CC2)c2ccccc21. The molecule has 0 bridgehead atoms. The Balaban J connectivity index is 1.87. The van der Waals surface area contributed by atoms with E-state index in [4.69, 9.17) is 9.47 Å². The lowest BCUT2D eigenvalue weighted by molar-refractivity contribution is -0.203.